The maximum absolute atomic E-state index is 5.42. The Morgan fingerprint density at radius 3 is 2.74 bits per heavy atom. The summed E-state index contributed by atoms with van der Waals surface area (Å²) in [5, 5.41) is 4.71. The molecule has 0 amide bonds. The summed E-state index contributed by atoms with van der Waals surface area (Å²) in [4.78, 5) is 14.6. The van der Waals surface area contributed by atoms with Gasteiger partial charge in [-0.1, -0.05) is 37.3 Å². The highest BCUT2D eigenvalue weighted by Crippen LogP contribution is 2.31. The summed E-state index contributed by atoms with van der Waals surface area (Å²) < 4.78 is 5.42. The van der Waals surface area contributed by atoms with Crippen molar-refractivity contribution >= 4 is 27.4 Å². The first kappa shape index (κ1) is 18.3. The van der Waals surface area contributed by atoms with Crippen molar-refractivity contribution in [2.75, 3.05) is 44.7 Å². The van der Waals surface area contributed by atoms with Crippen LogP contribution in [0.2, 0.25) is 0 Å². The highest BCUT2D eigenvalue weighted by atomic mass is 32.1. The fourth-order valence-corrected chi connectivity index (χ4v) is 4.30. The molecule has 0 aliphatic carbocycles. The van der Waals surface area contributed by atoms with Crippen LogP contribution in [0.5, 0.6) is 0 Å². The van der Waals surface area contributed by atoms with Gasteiger partial charge >= 0.3 is 0 Å². The number of nitrogens with one attached hydrogen (secondary N) is 1. The average Bonchev–Trinajstić information content (AvgIpc) is 3.16. The van der Waals surface area contributed by atoms with Gasteiger partial charge in [-0.05, 0) is 25.5 Å². The molecule has 1 fully saturated rings. The summed E-state index contributed by atoms with van der Waals surface area (Å²) in [6.07, 6.45) is 2.12. The minimum absolute atomic E-state index is 0.795. The first-order valence-corrected chi connectivity index (χ1v) is 10.5. The molecule has 0 radical (unpaired) electrons. The number of benzene rings is 1. The first-order valence-electron chi connectivity index (χ1n) is 9.73. The summed E-state index contributed by atoms with van der Waals surface area (Å²) in [7, 11) is 0. The van der Waals surface area contributed by atoms with Crippen LogP contribution in [0.4, 0.5) is 5.82 Å². The Kier molecular flexibility index (Phi) is 5.97. The Hall–Kier alpha value is -2.02. The molecule has 4 rings (SSSR count). The Balaban J connectivity index is 1.51. The quantitative estimate of drug-likeness (QED) is 0.625. The van der Waals surface area contributed by atoms with Gasteiger partial charge in [0.15, 0.2) is 5.82 Å². The number of ether oxygens (including phenoxy) is 1. The van der Waals surface area contributed by atoms with Crippen molar-refractivity contribution in [3.63, 3.8) is 0 Å². The van der Waals surface area contributed by atoms with Crippen molar-refractivity contribution in [3.8, 4) is 11.4 Å². The third kappa shape index (κ3) is 4.46. The molecular formula is C21H26N4OS. The molecule has 0 saturated carbocycles. The molecule has 3 heterocycles. The van der Waals surface area contributed by atoms with Gasteiger partial charge in [-0.2, -0.15) is 0 Å². The molecule has 0 atom stereocenters. The second-order valence-electron chi connectivity index (χ2n) is 6.78. The van der Waals surface area contributed by atoms with Gasteiger partial charge in [-0.25, -0.2) is 9.97 Å². The van der Waals surface area contributed by atoms with Crippen LogP contribution < -0.4 is 5.32 Å². The van der Waals surface area contributed by atoms with E-state index in [-0.39, 0.29) is 0 Å². The van der Waals surface area contributed by atoms with E-state index >= 15 is 0 Å². The Labute approximate surface area is 164 Å². The third-order valence-corrected chi connectivity index (χ3v) is 6.04. The number of hydrogen-bond acceptors (Lipinski definition) is 6. The van der Waals surface area contributed by atoms with Crippen LogP contribution in [0, 0.1) is 0 Å². The zero-order chi connectivity index (χ0) is 18.5. The van der Waals surface area contributed by atoms with Gasteiger partial charge < -0.3 is 10.1 Å². The molecular weight excluding hydrogens is 356 g/mol. The molecule has 0 unspecified atom stereocenters. The van der Waals surface area contributed by atoms with Gasteiger partial charge in [-0.3, -0.25) is 4.90 Å². The molecule has 2 aromatic heterocycles. The van der Waals surface area contributed by atoms with Gasteiger partial charge in [-0.15, -0.1) is 11.3 Å². The van der Waals surface area contributed by atoms with Crippen molar-refractivity contribution in [1.82, 2.24) is 14.9 Å². The van der Waals surface area contributed by atoms with E-state index in [1.165, 1.54) is 4.88 Å². The maximum Gasteiger partial charge on any atom is 0.163 e. The lowest BCUT2D eigenvalue weighted by atomic mass is 10.2. The van der Waals surface area contributed by atoms with E-state index in [1.807, 2.05) is 18.2 Å². The lowest BCUT2D eigenvalue weighted by Crippen LogP contribution is -2.37. The lowest BCUT2D eigenvalue weighted by Gasteiger charge is -2.26. The second kappa shape index (κ2) is 8.78. The number of fused-ring (bicyclic) bond motifs is 1. The molecule has 1 aliphatic rings. The Morgan fingerprint density at radius 2 is 1.96 bits per heavy atom. The number of aryl methyl sites for hydroxylation is 1. The summed E-state index contributed by atoms with van der Waals surface area (Å²) in [6.45, 7) is 7.99. The SMILES string of the molecule is CCc1cc2c(NCCCN3CCOCC3)nc(-c3ccccc3)nc2s1. The van der Waals surface area contributed by atoms with Crippen LogP contribution in [0.15, 0.2) is 36.4 Å². The van der Waals surface area contributed by atoms with Crippen LogP contribution in [0.1, 0.15) is 18.2 Å². The first-order chi connectivity index (χ1) is 13.3. The summed E-state index contributed by atoms with van der Waals surface area (Å²) in [6, 6.07) is 12.5. The van der Waals surface area contributed by atoms with E-state index < -0.39 is 0 Å². The van der Waals surface area contributed by atoms with Crippen LogP contribution in [-0.2, 0) is 11.2 Å². The number of aromatic nitrogens is 2. The standard InChI is InChI=1S/C21H26N4OS/c1-2-17-15-18-20(22-9-6-10-25-11-13-26-14-12-25)23-19(24-21(18)27-17)16-7-4-3-5-8-16/h3-5,7-8,15H,2,6,9-14H2,1H3,(H,22,23,24). The van der Waals surface area contributed by atoms with E-state index in [9.17, 15) is 0 Å². The molecule has 142 valence electrons. The summed E-state index contributed by atoms with van der Waals surface area (Å²) in [5.41, 5.74) is 1.06. The van der Waals surface area contributed by atoms with Gasteiger partial charge in [0.2, 0.25) is 0 Å². The number of thiophene rings is 1. The molecule has 1 saturated heterocycles. The van der Waals surface area contributed by atoms with Crippen LogP contribution >= 0.6 is 11.3 Å². The van der Waals surface area contributed by atoms with E-state index in [1.54, 1.807) is 11.3 Å². The van der Waals surface area contributed by atoms with Crippen LogP contribution in [-0.4, -0.2) is 54.3 Å². The Morgan fingerprint density at radius 1 is 1.15 bits per heavy atom. The normalized spacial score (nSPS) is 15.3. The van der Waals surface area contributed by atoms with Crippen molar-refractivity contribution in [2.24, 2.45) is 0 Å². The topological polar surface area (TPSA) is 50.3 Å². The number of rotatable bonds is 7. The molecule has 0 spiro atoms. The fraction of sp³-hybridized carbons (Fsp3) is 0.429. The highest BCUT2D eigenvalue weighted by Gasteiger charge is 2.13. The number of morpholine rings is 1. The molecule has 27 heavy (non-hydrogen) atoms. The van der Waals surface area contributed by atoms with E-state index in [2.05, 4.69) is 35.3 Å². The average molecular weight is 383 g/mol. The molecule has 1 aliphatic heterocycles. The predicted molar refractivity (Wildman–Crippen MR) is 113 cm³/mol. The smallest absolute Gasteiger partial charge is 0.163 e. The zero-order valence-electron chi connectivity index (χ0n) is 15.8. The van der Waals surface area contributed by atoms with Gasteiger partial charge in [0, 0.05) is 30.1 Å². The largest absolute Gasteiger partial charge is 0.379 e. The number of nitrogens with zero attached hydrogens (tertiary/aromatic N) is 3. The molecule has 5 nitrogen and oxygen atoms in total. The van der Waals surface area contributed by atoms with Crippen molar-refractivity contribution in [1.29, 1.82) is 0 Å². The second-order valence-corrected chi connectivity index (χ2v) is 7.90. The monoisotopic (exact) mass is 382 g/mol. The van der Waals surface area contributed by atoms with Crippen LogP contribution in [0.25, 0.3) is 21.6 Å². The highest BCUT2D eigenvalue weighted by molar-refractivity contribution is 7.18. The number of anilines is 1. The molecule has 1 aromatic carbocycles. The van der Waals surface area contributed by atoms with E-state index in [0.29, 0.717) is 0 Å². The Bertz CT molecular complexity index is 875. The summed E-state index contributed by atoms with van der Waals surface area (Å²) in [5.74, 6) is 1.75. The van der Waals surface area contributed by atoms with Crippen molar-refractivity contribution in [2.45, 2.75) is 19.8 Å². The minimum atomic E-state index is 0.795. The van der Waals surface area contributed by atoms with Crippen molar-refractivity contribution < 1.29 is 4.74 Å². The van der Waals surface area contributed by atoms with Crippen LogP contribution in [0.3, 0.4) is 0 Å². The number of hydrogen-bond donors (Lipinski definition) is 1. The fourth-order valence-electron chi connectivity index (χ4n) is 3.33. The van der Waals surface area contributed by atoms with E-state index in [0.717, 1.165) is 79.7 Å². The predicted octanol–water partition coefficient (Wildman–Crippen LogP) is 4.05. The molecule has 3 aromatic rings. The van der Waals surface area contributed by atoms with Crippen molar-refractivity contribution in [3.05, 3.63) is 41.3 Å². The van der Waals surface area contributed by atoms with Gasteiger partial charge in [0.25, 0.3) is 0 Å². The third-order valence-electron chi connectivity index (χ3n) is 4.87. The summed E-state index contributed by atoms with van der Waals surface area (Å²) >= 11 is 1.77. The van der Waals surface area contributed by atoms with Gasteiger partial charge in [0.05, 0.1) is 18.6 Å². The van der Waals surface area contributed by atoms with E-state index in [4.69, 9.17) is 14.7 Å². The van der Waals surface area contributed by atoms with Gasteiger partial charge in [0.1, 0.15) is 10.6 Å². The molecule has 1 N–H and O–H groups in total. The minimum Gasteiger partial charge on any atom is -0.379 e. The maximum atomic E-state index is 5.42. The molecule has 0 bridgehead atoms. The molecule has 6 heteroatoms. The zero-order valence-corrected chi connectivity index (χ0v) is 16.6. The lowest BCUT2D eigenvalue weighted by molar-refractivity contribution is 0.0378.